The van der Waals surface area contributed by atoms with E-state index in [0.717, 1.165) is 11.9 Å². The molecule has 0 aliphatic carbocycles. The van der Waals surface area contributed by atoms with Crippen molar-refractivity contribution in [1.29, 1.82) is 0 Å². The lowest BCUT2D eigenvalue weighted by Crippen LogP contribution is -2.04. The van der Waals surface area contributed by atoms with Crippen LogP contribution >= 0.6 is 0 Å². The summed E-state index contributed by atoms with van der Waals surface area (Å²) in [4.78, 5) is 23.0. The Labute approximate surface area is 171 Å². The molecule has 0 atom stereocenters. The summed E-state index contributed by atoms with van der Waals surface area (Å²) in [5.41, 5.74) is 2.32. The molecule has 30 heavy (non-hydrogen) atoms. The van der Waals surface area contributed by atoms with Gasteiger partial charge in [0.2, 0.25) is 5.95 Å². The lowest BCUT2D eigenvalue weighted by Gasteiger charge is -2.13. The first-order valence-corrected chi connectivity index (χ1v) is 9.39. The Bertz CT molecular complexity index is 1250. The van der Waals surface area contributed by atoms with Gasteiger partial charge in [-0.15, -0.1) is 0 Å². The van der Waals surface area contributed by atoms with E-state index in [1.807, 2.05) is 25.3 Å². The van der Waals surface area contributed by atoms with Crippen molar-refractivity contribution in [2.24, 2.45) is 0 Å². The quantitative estimate of drug-likeness (QED) is 0.460. The Balaban J connectivity index is 1.78. The Kier molecular flexibility index (Phi) is 4.99. The largest absolute Gasteiger partial charge is 0.342 e. The van der Waals surface area contributed by atoms with E-state index in [1.54, 1.807) is 24.3 Å². The van der Waals surface area contributed by atoms with E-state index in [1.165, 1.54) is 12.3 Å². The minimum Gasteiger partial charge on any atom is -0.342 e. The van der Waals surface area contributed by atoms with Crippen LogP contribution in [-0.4, -0.2) is 25.8 Å². The molecule has 0 amide bonds. The summed E-state index contributed by atoms with van der Waals surface area (Å²) in [5.74, 6) is -0.607. The van der Waals surface area contributed by atoms with Crippen molar-refractivity contribution in [2.45, 2.75) is 26.8 Å². The second-order valence-electron chi connectivity index (χ2n) is 7.25. The fourth-order valence-electron chi connectivity index (χ4n) is 3.53. The van der Waals surface area contributed by atoms with E-state index >= 15 is 0 Å². The van der Waals surface area contributed by atoms with Gasteiger partial charge in [0.05, 0.1) is 11.7 Å². The Morgan fingerprint density at radius 1 is 1.07 bits per heavy atom. The molecule has 0 spiro atoms. The first kappa shape index (κ1) is 19.6. The van der Waals surface area contributed by atoms with Crippen LogP contribution in [0.5, 0.6) is 0 Å². The summed E-state index contributed by atoms with van der Waals surface area (Å²) in [7, 11) is 0. The number of fused-ring (bicyclic) bond motifs is 1. The predicted octanol–water partition coefficient (Wildman–Crippen LogP) is 5.22. The fraction of sp³-hybridized carbons (Fsp3) is 0.182. The van der Waals surface area contributed by atoms with E-state index in [9.17, 15) is 13.6 Å². The van der Waals surface area contributed by atoms with Crippen LogP contribution in [0.3, 0.4) is 0 Å². The number of aryl methyl sites for hydroxylation is 1. The summed E-state index contributed by atoms with van der Waals surface area (Å²) in [6.07, 6.45) is 3.10. The summed E-state index contributed by atoms with van der Waals surface area (Å²) >= 11 is 0. The van der Waals surface area contributed by atoms with E-state index in [2.05, 4.69) is 20.3 Å². The topological polar surface area (TPSA) is 72.7 Å². The molecule has 4 aromatic rings. The number of benzene rings is 1. The highest BCUT2D eigenvalue weighted by Gasteiger charge is 2.17. The van der Waals surface area contributed by atoms with Gasteiger partial charge in [-0.25, -0.2) is 23.7 Å². The molecule has 0 saturated carbocycles. The van der Waals surface area contributed by atoms with Gasteiger partial charge in [-0.05, 0) is 51.1 Å². The first-order valence-electron chi connectivity index (χ1n) is 9.39. The maximum atomic E-state index is 14.8. The van der Waals surface area contributed by atoms with Gasteiger partial charge in [0.15, 0.2) is 12.1 Å². The second kappa shape index (κ2) is 7.62. The van der Waals surface area contributed by atoms with Crippen LogP contribution in [0.1, 0.15) is 35.9 Å². The van der Waals surface area contributed by atoms with Gasteiger partial charge in [0.25, 0.3) is 0 Å². The van der Waals surface area contributed by atoms with Crippen LogP contribution in [0, 0.1) is 18.6 Å². The van der Waals surface area contributed by atoms with Crippen LogP contribution < -0.4 is 5.32 Å². The van der Waals surface area contributed by atoms with Crippen molar-refractivity contribution in [3.8, 4) is 11.3 Å². The van der Waals surface area contributed by atoms with Crippen LogP contribution in [0.2, 0.25) is 0 Å². The first-order chi connectivity index (χ1) is 14.4. The normalized spacial score (nSPS) is 11.3. The van der Waals surface area contributed by atoms with Crippen molar-refractivity contribution < 1.29 is 13.6 Å². The summed E-state index contributed by atoms with van der Waals surface area (Å²) in [5, 5.41) is 3.35. The molecule has 0 saturated heterocycles. The maximum absolute atomic E-state index is 14.8. The molecular weight excluding hydrogens is 388 g/mol. The number of aldehydes is 1. The number of hydrogen-bond acceptors (Lipinski definition) is 5. The molecule has 0 aliphatic rings. The SMILES string of the molecule is Cc1cc2c(F)cc(-c3nc(Nc4ccc(C=O)cn4)ncc3F)cc2n1C(C)C. The minimum atomic E-state index is -0.664. The lowest BCUT2D eigenvalue weighted by atomic mass is 10.1. The van der Waals surface area contributed by atoms with E-state index in [0.29, 0.717) is 34.1 Å². The molecule has 6 nitrogen and oxygen atoms in total. The average Bonchev–Trinajstić information content (AvgIpc) is 3.06. The Morgan fingerprint density at radius 3 is 2.53 bits per heavy atom. The van der Waals surface area contributed by atoms with Crippen molar-refractivity contribution in [3.05, 3.63) is 65.6 Å². The molecule has 3 heterocycles. The monoisotopic (exact) mass is 407 g/mol. The molecule has 1 N–H and O–H groups in total. The van der Waals surface area contributed by atoms with Crippen molar-refractivity contribution in [2.75, 3.05) is 5.32 Å². The van der Waals surface area contributed by atoms with Gasteiger partial charge < -0.3 is 9.88 Å². The number of carbonyl (C=O) groups is 1. The number of hydrogen-bond donors (Lipinski definition) is 1. The minimum absolute atomic E-state index is 0.0213. The molecule has 152 valence electrons. The number of nitrogens with one attached hydrogen (secondary N) is 1. The fourth-order valence-corrected chi connectivity index (χ4v) is 3.53. The zero-order valence-electron chi connectivity index (χ0n) is 16.6. The van der Waals surface area contributed by atoms with Gasteiger partial charge >= 0.3 is 0 Å². The number of pyridine rings is 1. The van der Waals surface area contributed by atoms with Crippen molar-refractivity contribution in [1.82, 2.24) is 19.5 Å². The highest BCUT2D eigenvalue weighted by Crippen LogP contribution is 2.32. The lowest BCUT2D eigenvalue weighted by molar-refractivity contribution is 0.112. The molecular formula is C22H19F2N5O. The average molecular weight is 407 g/mol. The third kappa shape index (κ3) is 3.52. The van der Waals surface area contributed by atoms with E-state index in [4.69, 9.17) is 0 Å². The van der Waals surface area contributed by atoms with Crippen molar-refractivity contribution in [3.63, 3.8) is 0 Å². The molecule has 0 aliphatic heterocycles. The summed E-state index contributed by atoms with van der Waals surface area (Å²) in [6.45, 7) is 5.93. The van der Waals surface area contributed by atoms with Crippen LogP contribution in [0.15, 0.2) is 42.7 Å². The third-order valence-electron chi connectivity index (χ3n) is 4.80. The zero-order chi connectivity index (χ0) is 21.4. The molecule has 4 rings (SSSR count). The van der Waals surface area contributed by atoms with E-state index < -0.39 is 11.6 Å². The van der Waals surface area contributed by atoms with Crippen LogP contribution in [-0.2, 0) is 0 Å². The number of rotatable bonds is 5. The molecule has 8 heteroatoms. The van der Waals surface area contributed by atoms with Crippen LogP contribution in [0.4, 0.5) is 20.5 Å². The molecule has 0 bridgehead atoms. The Morgan fingerprint density at radius 2 is 1.87 bits per heavy atom. The molecule has 0 unspecified atom stereocenters. The highest BCUT2D eigenvalue weighted by molar-refractivity contribution is 5.87. The third-order valence-corrected chi connectivity index (χ3v) is 4.80. The molecule has 3 aromatic heterocycles. The van der Waals surface area contributed by atoms with Gasteiger partial charge in [0, 0.05) is 34.4 Å². The smallest absolute Gasteiger partial charge is 0.229 e. The number of nitrogens with zero attached hydrogens (tertiary/aromatic N) is 4. The standard InChI is InChI=1S/C22H19F2N5O/c1-12(2)29-13(3)6-16-17(23)7-15(8-19(16)29)21-18(24)10-26-22(28-21)27-20-5-4-14(11-30)9-25-20/h4-12H,1-3H3,(H,25,26,27,28). The molecule has 0 radical (unpaired) electrons. The summed E-state index contributed by atoms with van der Waals surface area (Å²) in [6, 6.07) is 8.08. The Hall–Kier alpha value is -3.68. The predicted molar refractivity (Wildman–Crippen MR) is 111 cm³/mol. The van der Waals surface area contributed by atoms with Gasteiger partial charge in [0.1, 0.15) is 17.3 Å². The number of carbonyl (C=O) groups excluding carboxylic acids is 1. The van der Waals surface area contributed by atoms with Gasteiger partial charge in [-0.2, -0.15) is 0 Å². The van der Waals surface area contributed by atoms with Crippen LogP contribution in [0.25, 0.3) is 22.2 Å². The van der Waals surface area contributed by atoms with Gasteiger partial charge in [-0.1, -0.05) is 0 Å². The van der Waals surface area contributed by atoms with Crippen molar-refractivity contribution >= 4 is 29.0 Å². The second-order valence-corrected chi connectivity index (χ2v) is 7.25. The number of halogens is 2. The summed E-state index contributed by atoms with van der Waals surface area (Å²) < 4.78 is 31.4. The number of anilines is 2. The molecule has 0 fully saturated rings. The molecule has 1 aromatic carbocycles. The van der Waals surface area contributed by atoms with E-state index in [-0.39, 0.29) is 17.7 Å². The highest BCUT2D eigenvalue weighted by atomic mass is 19.1. The maximum Gasteiger partial charge on any atom is 0.229 e. The zero-order valence-corrected chi connectivity index (χ0v) is 16.6. The van der Waals surface area contributed by atoms with Gasteiger partial charge in [-0.3, -0.25) is 4.79 Å². The number of aromatic nitrogens is 4.